The van der Waals surface area contributed by atoms with Crippen molar-refractivity contribution in [2.75, 3.05) is 0 Å². The molecule has 3 heteroatoms. The Morgan fingerprint density at radius 3 is 2.39 bits per heavy atom. The molecule has 1 unspecified atom stereocenters. The third-order valence-corrected chi connectivity index (χ3v) is 4.86. The van der Waals surface area contributed by atoms with Crippen molar-refractivity contribution >= 4 is 17.3 Å². The summed E-state index contributed by atoms with van der Waals surface area (Å²) in [6.07, 6.45) is 4.42. The minimum atomic E-state index is -0.521. The van der Waals surface area contributed by atoms with E-state index in [1.54, 1.807) is 13.8 Å². The molecule has 0 saturated heterocycles. The number of rotatable bonds is 4. The average Bonchev–Trinajstić information content (AvgIpc) is 2.65. The zero-order valence-corrected chi connectivity index (χ0v) is 11.5. The topological polar surface area (TPSA) is 51.2 Å². The molecule has 0 bridgehead atoms. The van der Waals surface area contributed by atoms with E-state index >= 15 is 0 Å². The molecule has 0 aromatic heterocycles. The SMILES string of the molecule is CC(=O)C[C@]1(C)CC2CCC[C@@]2(CC(C)=O)C1=O. The number of ketones is 3. The molecule has 2 saturated carbocycles. The van der Waals surface area contributed by atoms with Gasteiger partial charge in [0.1, 0.15) is 17.3 Å². The zero-order chi connectivity index (χ0) is 13.6. The maximum absolute atomic E-state index is 12.8. The quantitative estimate of drug-likeness (QED) is 0.770. The molecule has 0 heterocycles. The number of hydrogen-bond acceptors (Lipinski definition) is 3. The van der Waals surface area contributed by atoms with E-state index < -0.39 is 10.8 Å². The second kappa shape index (κ2) is 4.29. The van der Waals surface area contributed by atoms with E-state index in [-0.39, 0.29) is 17.3 Å². The van der Waals surface area contributed by atoms with Gasteiger partial charge >= 0.3 is 0 Å². The van der Waals surface area contributed by atoms with Gasteiger partial charge in [0.2, 0.25) is 0 Å². The number of carbonyl (C=O) groups is 3. The van der Waals surface area contributed by atoms with Crippen LogP contribution in [-0.4, -0.2) is 17.3 Å². The smallest absolute Gasteiger partial charge is 0.146 e. The van der Waals surface area contributed by atoms with Crippen LogP contribution in [0, 0.1) is 16.7 Å². The van der Waals surface area contributed by atoms with Crippen LogP contribution in [0.1, 0.15) is 59.3 Å². The van der Waals surface area contributed by atoms with Crippen LogP contribution >= 0.6 is 0 Å². The summed E-state index contributed by atoms with van der Waals surface area (Å²) in [5.41, 5.74) is -0.956. The Morgan fingerprint density at radius 1 is 1.22 bits per heavy atom. The second-order valence-corrected chi connectivity index (χ2v) is 6.60. The first-order valence-electron chi connectivity index (χ1n) is 6.84. The number of hydrogen-bond donors (Lipinski definition) is 0. The van der Waals surface area contributed by atoms with Crippen molar-refractivity contribution in [2.24, 2.45) is 16.7 Å². The van der Waals surface area contributed by atoms with E-state index in [0.717, 1.165) is 25.7 Å². The van der Waals surface area contributed by atoms with Gasteiger partial charge in [-0.2, -0.15) is 0 Å². The summed E-state index contributed by atoms with van der Waals surface area (Å²) in [6.45, 7) is 5.03. The van der Waals surface area contributed by atoms with E-state index in [0.29, 0.717) is 18.8 Å². The van der Waals surface area contributed by atoms with Gasteiger partial charge < -0.3 is 0 Å². The first-order valence-corrected chi connectivity index (χ1v) is 6.84. The molecule has 100 valence electrons. The van der Waals surface area contributed by atoms with Gasteiger partial charge in [-0.25, -0.2) is 0 Å². The van der Waals surface area contributed by atoms with Crippen LogP contribution in [0.4, 0.5) is 0 Å². The Morgan fingerprint density at radius 2 is 1.83 bits per heavy atom. The highest BCUT2D eigenvalue weighted by molar-refractivity contribution is 5.99. The molecule has 3 atom stereocenters. The Bertz CT molecular complexity index is 412. The van der Waals surface area contributed by atoms with E-state index in [1.165, 1.54) is 0 Å². The second-order valence-electron chi connectivity index (χ2n) is 6.60. The summed E-state index contributed by atoms with van der Waals surface area (Å²) >= 11 is 0. The minimum Gasteiger partial charge on any atom is -0.300 e. The van der Waals surface area contributed by atoms with Crippen LogP contribution in [0.15, 0.2) is 0 Å². The van der Waals surface area contributed by atoms with Gasteiger partial charge in [0.05, 0.1) is 0 Å². The fourth-order valence-corrected chi connectivity index (χ4v) is 4.44. The molecular formula is C15H22O3. The zero-order valence-electron chi connectivity index (χ0n) is 11.5. The van der Waals surface area contributed by atoms with Gasteiger partial charge in [-0.3, -0.25) is 14.4 Å². The third kappa shape index (κ3) is 1.94. The molecule has 0 aliphatic heterocycles. The van der Waals surface area contributed by atoms with Gasteiger partial charge in [-0.15, -0.1) is 0 Å². The van der Waals surface area contributed by atoms with Gasteiger partial charge in [0, 0.05) is 23.7 Å². The molecule has 3 nitrogen and oxygen atoms in total. The van der Waals surface area contributed by atoms with Crippen LogP contribution in [0.2, 0.25) is 0 Å². The summed E-state index contributed by atoms with van der Waals surface area (Å²) < 4.78 is 0. The van der Waals surface area contributed by atoms with Crippen LogP contribution in [-0.2, 0) is 14.4 Å². The van der Waals surface area contributed by atoms with Gasteiger partial charge in [0.25, 0.3) is 0 Å². The van der Waals surface area contributed by atoms with E-state index in [1.807, 2.05) is 6.92 Å². The molecule has 0 aromatic rings. The predicted octanol–water partition coefficient (Wildman–Crippen LogP) is 2.71. The van der Waals surface area contributed by atoms with Crippen molar-refractivity contribution in [1.29, 1.82) is 0 Å². The van der Waals surface area contributed by atoms with Gasteiger partial charge in [-0.1, -0.05) is 13.3 Å². The largest absolute Gasteiger partial charge is 0.300 e. The monoisotopic (exact) mass is 250 g/mol. The first kappa shape index (κ1) is 13.4. The Hall–Kier alpha value is -0.990. The van der Waals surface area contributed by atoms with Gasteiger partial charge in [0.15, 0.2) is 0 Å². The van der Waals surface area contributed by atoms with E-state index in [2.05, 4.69) is 0 Å². The normalized spacial score (nSPS) is 38.8. The van der Waals surface area contributed by atoms with Crippen molar-refractivity contribution in [3.8, 4) is 0 Å². The van der Waals surface area contributed by atoms with Crippen molar-refractivity contribution in [3.05, 3.63) is 0 Å². The highest BCUT2D eigenvalue weighted by Gasteiger charge is 2.61. The van der Waals surface area contributed by atoms with E-state index in [9.17, 15) is 14.4 Å². The molecule has 0 N–H and O–H groups in total. The van der Waals surface area contributed by atoms with Crippen LogP contribution in [0.25, 0.3) is 0 Å². The maximum atomic E-state index is 12.8. The summed E-state index contributed by atoms with van der Waals surface area (Å²) in [6, 6.07) is 0. The molecule has 0 aromatic carbocycles. The minimum absolute atomic E-state index is 0.0730. The standard InChI is InChI=1S/C15H22O3/c1-10(16)7-14(3)9-12-5-4-6-15(12,13(14)18)8-11(2)17/h12H,4-9H2,1-3H3/t12?,14-,15+/m1/s1. The summed E-state index contributed by atoms with van der Waals surface area (Å²) in [5, 5.41) is 0. The van der Waals surface area contributed by atoms with Crippen molar-refractivity contribution in [2.45, 2.75) is 59.3 Å². The summed E-state index contributed by atoms with van der Waals surface area (Å²) in [5.74, 6) is 0.673. The summed E-state index contributed by atoms with van der Waals surface area (Å²) in [4.78, 5) is 35.7. The molecule has 18 heavy (non-hydrogen) atoms. The number of Topliss-reactive ketones (excluding diaryl/α,β-unsaturated/α-hetero) is 3. The Labute approximate surface area is 108 Å². The molecule has 0 amide bonds. The maximum Gasteiger partial charge on any atom is 0.146 e. The van der Waals surface area contributed by atoms with Crippen molar-refractivity contribution in [3.63, 3.8) is 0 Å². The van der Waals surface area contributed by atoms with Crippen LogP contribution in [0.3, 0.4) is 0 Å². The lowest BCUT2D eigenvalue weighted by Crippen LogP contribution is -2.36. The van der Waals surface area contributed by atoms with Crippen molar-refractivity contribution < 1.29 is 14.4 Å². The lowest BCUT2D eigenvalue weighted by atomic mass is 9.72. The molecule has 0 radical (unpaired) electrons. The van der Waals surface area contributed by atoms with E-state index in [4.69, 9.17) is 0 Å². The molecule has 2 aliphatic carbocycles. The predicted molar refractivity (Wildman–Crippen MR) is 68.1 cm³/mol. The first-order chi connectivity index (χ1) is 8.30. The van der Waals surface area contributed by atoms with Gasteiger partial charge in [-0.05, 0) is 39.0 Å². The lowest BCUT2D eigenvalue weighted by molar-refractivity contribution is -0.139. The Balaban J connectivity index is 2.31. The van der Waals surface area contributed by atoms with Crippen molar-refractivity contribution in [1.82, 2.24) is 0 Å². The molecule has 0 spiro atoms. The third-order valence-electron chi connectivity index (χ3n) is 4.86. The highest BCUT2D eigenvalue weighted by atomic mass is 16.1. The molecule has 2 fully saturated rings. The lowest BCUT2D eigenvalue weighted by Gasteiger charge is -2.28. The highest BCUT2D eigenvalue weighted by Crippen LogP contribution is 2.61. The van der Waals surface area contributed by atoms with Crippen LogP contribution < -0.4 is 0 Å². The van der Waals surface area contributed by atoms with Crippen LogP contribution in [0.5, 0.6) is 0 Å². The fraction of sp³-hybridized carbons (Fsp3) is 0.800. The fourth-order valence-electron chi connectivity index (χ4n) is 4.44. The molecule has 2 aliphatic rings. The average molecular weight is 250 g/mol. The summed E-state index contributed by atoms with van der Waals surface area (Å²) in [7, 11) is 0. The molecule has 2 rings (SSSR count). The Kier molecular flexibility index (Phi) is 3.20. The number of carbonyl (C=O) groups excluding carboxylic acids is 3. The number of fused-ring (bicyclic) bond motifs is 1. The molecular weight excluding hydrogens is 228 g/mol.